The van der Waals surface area contributed by atoms with Gasteiger partial charge in [0.05, 0.1) is 34.5 Å². The number of urea groups is 1. The molecule has 0 unspecified atom stereocenters. The summed E-state index contributed by atoms with van der Waals surface area (Å²) in [5.41, 5.74) is 3.85. The zero-order chi connectivity index (χ0) is 24.9. The number of hydrogen-bond acceptors (Lipinski definition) is 5. The lowest BCUT2D eigenvalue weighted by molar-refractivity contribution is 0.181. The normalized spacial score (nSPS) is 14.7. The Morgan fingerprint density at radius 1 is 0.886 bits per heavy atom. The number of carbonyl (C=O) groups is 1. The Hall–Kier alpha value is -3.58. The number of methoxy groups -OCH3 is 4. The molecule has 8 heteroatoms. The first-order chi connectivity index (χ1) is 17.0. The smallest absolute Gasteiger partial charge is 0.322 e. The number of nitrogens with one attached hydrogen (secondary N) is 1. The molecule has 3 aromatic carbocycles. The standard InChI is InChI=1S/C27H29ClN2O5/c1-32-23-10-5-17(14-24(23)33-2)13-22-21-16-26(35-4)25(34-3)15-18(21)11-12-30(22)27(31)29-20-8-6-19(28)7-9-20/h5-10,14-16,22H,11-13H2,1-4H3,(H,29,31)/t22-/m1/s1. The highest BCUT2D eigenvalue weighted by Gasteiger charge is 2.32. The van der Waals surface area contributed by atoms with Gasteiger partial charge >= 0.3 is 6.03 Å². The van der Waals surface area contributed by atoms with Crippen molar-refractivity contribution in [2.75, 3.05) is 40.3 Å². The number of amides is 2. The second-order valence-electron chi connectivity index (χ2n) is 8.20. The quantitative estimate of drug-likeness (QED) is 0.451. The third kappa shape index (κ3) is 5.25. The van der Waals surface area contributed by atoms with Crippen LogP contribution in [0.3, 0.4) is 0 Å². The predicted octanol–water partition coefficient (Wildman–Crippen LogP) is 5.75. The Balaban J connectivity index is 1.71. The van der Waals surface area contributed by atoms with Gasteiger partial charge in [0.15, 0.2) is 23.0 Å². The second-order valence-corrected chi connectivity index (χ2v) is 8.63. The molecule has 2 amide bonds. The SMILES string of the molecule is COc1ccc(C[C@@H]2c3cc(OC)c(OC)cc3CCN2C(=O)Nc2ccc(Cl)cc2)cc1OC. The van der Waals surface area contributed by atoms with Crippen molar-refractivity contribution in [3.63, 3.8) is 0 Å². The Bertz CT molecular complexity index is 1200. The number of benzene rings is 3. The topological polar surface area (TPSA) is 69.3 Å². The largest absolute Gasteiger partial charge is 0.493 e. The van der Waals surface area contributed by atoms with Gasteiger partial charge in [0.2, 0.25) is 0 Å². The first kappa shape index (κ1) is 24.5. The van der Waals surface area contributed by atoms with Gasteiger partial charge in [-0.25, -0.2) is 4.79 Å². The van der Waals surface area contributed by atoms with E-state index in [2.05, 4.69) is 5.32 Å². The number of anilines is 1. The van der Waals surface area contributed by atoms with Crippen molar-refractivity contribution in [3.8, 4) is 23.0 Å². The Morgan fingerprint density at radius 3 is 2.17 bits per heavy atom. The van der Waals surface area contributed by atoms with Crippen LogP contribution in [0.25, 0.3) is 0 Å². The number of fused-ring (bicyclic) bond motifs is 1. The van der Waals surface area contributed by atoms with Crippen LogP contribution in [0, 0.1) is 0 Å². The monoisotopic (exact) mass is 496 g/mol. The van der Waals surface area contributed by atoms with E-state index in [1.807, 2.05) is 35.2 Å². The molecule has 7 nitrogen and oxygen atoms in total. The molecule has 1 aliphatic heterocycles. The van der Waals surface area contributed by atoms with E-state index in [-0.39, 0.29) is 12.1 Å². The van der Waals surface area contributed by atoms with Gasteiger partial charge in [0.25, 0.3) is 0 Å². The van der Waals surface area contributed by atoms with E-state index in [1.165, 1.54) is 0 Å². The average molecular weight is 497 g/mol. The first-order valence-corrected chi connectivity index (χ1v) is 11.6. The lowest BCUT2D eigenvalue weighted by Crippen LogP contribution is -2.43. The van der Waals surface area contributed by atoms with Gasteiger partial charge in [-0.1, -0.05) is 17.7 Å². The molecule has 35 heavy (non-hydrogen) atoms. The molecule has 3 aromatic rings. The molecule has 4 rings (SSSR count). The van der Waals surface area contributed by atoms with Crippen molar-refractivity contribution in [1.29, 1.82) is 0 Å². The summed E-state index contributed by atoms with van der Waals surface area (Å²) >= 11 is 6.00. The third-order valence-corrected chi connectivity index (χ3v) is 6.49. The predicted molar refractivity (Wildman–Crippen MR) is 136 cm³/mol. The van der Waals surface area contributed by atoms with Gasteiger partial charge in [-0.15, -0.1) is 0 Å². The number of nitrogens with zero attached hydrogens (tertiary/aromatic N) is 1. The zero-order valence-electron chi connectivity index (χ0n) is 20.3. The van der Waals surface area contributed by atoms with E-state index < -0.39 is 0 Å². The van der Waals surface area contributed by atoms with Crippen LogP contribution in [0.5, 0.6) is 23.0 Å². The van der Waals surface area contributed by atoms with Crippen molar-refractivity contribution in [2.24, 2.45) is 0 Å². The maximum atomic E-state index is 13.4. The number of halogens is 1. The van der Waals surface area contributed by atoms with Crippen molar-refractivity contribution in [3.05, 3.63) is 76.3 Å². The number of hydrogen-bond donors (Lipinski definition) is 1. The zero-order valence-corrected chi connectivity index (χ0v) is 21.0. The molecule has 0 fully saturated rings. The molecular formula is C27H29ClN2O5. The molecule has 0 saturated heterocycles. The van der Waals surface area contributed by atoms with E-state index in [4.69, 9.17) is 30.5 Å². The molecule has 0 radical (unpaired) electrons. The molecular weight excluding hydrogens is 468 g/mol. The maximum Gasteiger partial charge on any atom is 0.322 e. The summed E-state index contributed by atoms with van der Waals surface area (Å²) < 4.78 is 22.0. The van der Waals surface area contributed by atoms with E-state index in [9.17, 15) is 4.79 Å². The van der Waals surface area contributed by atoms with Crippen molar-refractivity contribution in [2.45, 2.75) is 18.9 Å². The summed E-state index contributed by atoms with van der Waals surface area (Å²) in [6, 6.07) is 16.5. The van der Waals surface area contributed by atoms with E-state index in [0.717, 1.165) is 16.7 Å². The van der Waals surface area contributed by atoms with Gasteiger partial charge in [0.1, 0.15) is 0 Å². The molecule has 184 valence electrons. The minimum atomic E-state index is -0.232. The average Bonchev–Trinajstić information content (AvgIpc) is 2.89. The lowest BCUT2D eigenvalue weighted by atomic mass is 9.88. The fraction of sp³-hybridized carbons (Fsp3) is 0.296. The Labute approximate surface area is 210 Å². The second kappa shape index (κ2) is 10.8. The van der Waals surface area contributed by atoms with Crippen LogP contribution in [0.4, 0.5) is 10.5 Å². The fourth-order valence-corrected chi connectivity index (χ4v) is 4.58. The van der Waals surface area contributed by atoms with Gasteiger partial charge in [-0.2, -0.15) is 0 Å². The van der Waals surface area contributed by atoms with Crippen LogP contribution in [0.15, 0.2) is 54.6 Å². The summed E-state index contributed by atoms with van der Waals surface area (Å²) in [5, 5.41) is 3.62. The highest BCUT2D eigenvalue weighted by molar-refractivity contribution is 6.30. The van der Waals surface area contributed by atoms with Crippen LogP contribution in [-0.4, -0.2) is 45.9 Å². The number of ether oxygens (including phenoxy) is 4. The van der Waals surface area contributed by atoms with Crippen LogP contribution < -0.4 is 24.3 Å². The maximum absolute atomic E-state index is 13.4. The van der Waals surface area contributed by atoms with Crippen molar-refractivity contribution >= 4 is 23.3 Å². The Morgan fingerprint density at radius 2 is 1.51 bits per heavy atom. The Kier molecular flexibility index (Phi) is 7.56. The lowest BCUT2D eigenvalue weighted by Gasteiger charge is -2.38. The summed E-state index contributed by atoms with van der Waals surface area (Å²) in [6.45, 7) is 0.555. The number of rotatable bonds is 7. The summed E-state index contributed by atoms with van der Waals surface area (Å²) in [4.78, 5) is 15.3. The van der Waals surface area contributed by atoms with Crippen LogP contribution >= 0.6 is 11.6 Å². The molecule has 1 heterocycles. The minimum Gasteiger partial charge on any atom is -0.493 e. The molecule has 0 saturated carbocycles. The molecule has 1 atom stereocenters. The summed E-state index contributed by atoms with van der Waals surface area (Å²) in [5.74, 6) is 2.60. The molecule has 0 spiro atoms. The number of carbonyl (C=O) groups excluding carboxylic acids is 1. The van der Waals surface area contributed by atoms with Crippen molar-refractivity contribution < 1.29 is 23.7 Å². The molecule has 0 bridgehead atoms. The minimum absolute atomic E-state index is 0.182. The van der Waals surface area contributed by atoms with Crippen LogP contribution in [0.2, 0.25) is 5.02 Å². The third-order valence-electron chi connectivity index (χ3n) is 6.24. The van der Waals surface area contributed by atoms with E-state index >= 15 is 0 Å². The molecule has 0 aliphatic carbocycles. The van der Waals surface area contributed by atoms with Crippen molar-refractivity contribution in [1.82, 2.24) is 4.90 Å². The molecule has 1 N–H and O–H groups in total. The fourth-order valence-electron chi connectivity index (χ4n) is 4.45. The van der Waals surface area contributed by atoms with Gasteiger partial charge in [-0.3, -0.25) is 0 Å². The van der Waals surface area contributed by atoms with Gasteiger partial charge in [-0.05, 0) is 78.1 Å². The van der Waals surface area contributed by atoms with Gasteiger partial charge in [0, 0.05) is 17.3 Å². The molecule has 0 aromatic heterocycles. The summed E-state index contributed by atoms with van der Waals surface area (Å²) in [7, 11) is 6.46. The first-order valence-electron chi connectivity index (χ1n) is 11.3. The highest BCUT2D eigenvalue weighted by Crippen LogP contribution is 2.40. The molecule has 1 aliphatic rings. The van der Waals surface area contributed by atoms with Crippen LogP contribution in [0.1, 0.15) is 22.7 Å². The van der Waals surface area contributed by atoms with Crippen LogP contribution in [-0.2, 0) is 12.8 Å². The van der Waals surface area contributed by atoms with E-state index in [1.54, 1.807) is 52.7 Å². The summed E-state index contributed by atoms with van der Waals surface area (Å²) in [6.07, 6.45) is 1.28. The van der Waals surface area contributed by atoms with Gasteiger partial charge < -0.3 is 29.2 Å². The van der Waals surface area contributed by atoms with E-state index in [0.29, 0.717) is 53.1 Å². The highest BCUT2D eigenvalue weighted by atomic mass is 35.5.